The minimum absolute atomic E-state index is 0.182. The molecule has 1 aliphatic rings. The number of nitrogens with two attached hydrogens (primary N) is 2. The molecule has 0 aliphatic carbocycles. The second kappa shape index (κ2) is 7.34. The fraction of sp³-hybridized carbons (Fsp3) is 0.333. The van der Waals surface area contributed by atoms with E-state index in [1.807, 2.05) is 6.07 Å². The quantitative estimate of drug-likeness (QED) is 0.853. The van der Waals surface area contributed by atoms with Gasteiger partial charge in [0.2, 0.25) is 0 Å². The van der Waals surface area contributed by atoms with E-state index < -0.39 is 6.36 Å². The van der Waals surface area contributed by atoms with Gasteiger partial charge in [0.1, 0.15) is 11.6 Å². The number of alkyl halides is 3. The van der Waals surface area contributed by atoms with Crippen LogP contribution in [0, 0.1) is 0 Å². The van der Waals surface area contributed by atoms with Gasteiger partial charge >= 0.3 is 6.36 Å². The molecule has 1 aromatic carbocycles. The Kier molecular flexibility index (Phi) is 5.11. The number of pyridine rings is 1. The molecule has 6 nitrogen and oxygen atoms in total. The molecule has 144 valence electrons. The number of ether oxygens (including phenoxy) is 1. The van der Waals surface area contributed by atoms with Crippen molar-refractivity contribution in [2.75, 3.05) is 24.6 Å². The van der Waals surface area contributed by atoms with Gasteiger partial charge < -0.3 is 21.1 Å². The first-order valence-electron chi connectivity index (χ1n) is 8.39. The van der Waals surface area contributed by atoms with E-state index in [9.17, 15) is 18.0 Å². The second-order valence-corrected chi connectivity index (χ2v) is 6.34. The Balaban J connectivity index is 1.62. The largest absolute Gasteiger partial charge is 0.573 e. The summed E-state index contributed by atoms with van der Waals surface area (Å²) in [6.07, 6.45) is -1.71. The van der Waals surface area contributed by atoms with Gasteiger partial charge in [-0.2, -0.15) is 0 Å². The van der Waals surface area contributed by atoms with Crippen LogP contribution in [0.3, 0.4) is 0 Å². The first-order chi connectivity index (χ1) is 12.7. The third-order valence-corrected chi connectivity index (χ3v) is 4.61. The van der Waals surface area contributed by atoms with Gasteiger partial charge in [-0.25, -0.2) is 4.98 Å². The van der Waals surface area contributed by atoms with Gasteiger partial charge in [-0.15, -0.1) is 13.2 Å². The Morgan fingerprint density at radius 3 is 2.33 bits per heavy atom. The van der Waals surface area contributed by atoms with Gasteiger partial charge in [-0.05, 0) is 54.7 Å². The monoisotopic (exact) mass is 380 g/mol. The average molecular weight is 380 g/mol. The number of halogens is 3. The van der Waals surface area contributed by atoms with Crippen molar-refractivity contribution in [2.45, 2.75) is 25.1 Å². The smallest absolute Gasteiger partial charge is 0.406 e. The highest BCUT2D eigenvalue weighted by molar-refractivity contribution is 5.94. The molecule has 3 rings (SSSR count). The molecule has 1 aromatic heterocycles. The highest BCUT2D eigenvalue weighted by Gasteiger charge is 2.31. The van der Waals surface area contributed by atoms with Gasteiger partial charge in [-0.3, -0.25) is 4.79 Å². The van der Waals surface area contributed by atoms with Crippen LogP contribution in [-0.4, -0.2) is 35.2 Å². The van der Waals surface area contributed by atoms with Crippen LogP contribution in [0.5, 0.6) is 5.75 Å². The van der Waals surface area contributed by atoms with Crippen LogP contribution < -0.4 is 16.2 Å². The van der Waals surface area contributed by atoms with E-state index in [1.165, 1.54) is 12.1 Å². The van der Waals surface area contributed by atoms with Crippen molar-refractivity contribution in [1.29, 1.82) is 0 Å². The molecule has 4 N–H and O–H groups in total. The van der Waals surface area contributed by atoms with E-state index in [1.54, 1.807) is 11.1 Å². The van der Waals surface area contributed by atoms with E-state index in [4.69, 9.17) is 11.5 Å². The number of anilines is 2. The predicted molar refractivity (Wildman–Crippen MR) is 94.1 cm³/mol. The van der Waals surface area contributed by atoms with Crippen LogP contribution in [0.25, 0.3) is 0 Å². The number of hydrogen-bond donors (Lipinski definition) is 2. The lowest BCUT2D eigenvalue weighted by molar-refractivity contribution is -0.274. The van der Waals surface area contributed by atoms with E-state index in [0.717, 1.165) is 17.7 Å². The topological polar surface area (TPSA) is 94.5 Å². The van der Waals surface area contributed by atoms with E-state index >= 15 is 0 Å². The molecule has 27 heavy (non-hydrogen) atoms. The van der Waals surface area contributed by atoms with E-state index in [2.05, 4.69) is 9.72 Å². The normalized spacial score (nSPS) is 15.6. The summed E-state index contributed by atoms with van der Waals surface area (Å²) in [4.78, 5) is 18.2. The van der Waals surface area contributed by atoms with Crippen LogP contribution in [0.2, 0.25) is 0 Å². The maximum atomic E-state index is 12.6. The lowest BCUT2D eigenvalue weighted by atomic mass is 9.88. The molecule has 1 amide bonds. The summed E-state index contributed by atoms with van der Waals surface area (Å²) in [7, 11) is 0. The Morgan fingerprint density at radius 1 is 1.11 bits per heavy atom. The SMILES string of the molecule is Nc1nccc(C2CCN(C(=O)c3ccc(OC(F)(F)F)cc3)CC2)c1N. The molecule has 2 heterocycles. The maximum Gasteiger partial charge on any atom is 0.573 e. The lowest BCUT2D eigenvalue weighted by Crippen LogP contribution is -2.38. The third kappa shape index (κ3) is 4.42. The fourth-order valence-electron chi connectivity index (χ4n) is 3.24. The van der Waals surface area contributed by atoms with Crippen molar-refractivity contribution in [3.63, 3.8) is 0 Å². The molecule has 0 atom stereocenters. The van der Waals surface area contributed by atoms with Gasteiger partial charge in [0.15, 0.2) is 0 Å². The zero-order valence-electron chi connectivity index (χ0n) is 14.4. The fourth-order valence-corrected chi connectivity index (χ4v) is 3.24. The standard InChI is InChI=1S/C18H19F3N4O2/c19-18(20,21)27-13-3-1-12(2-4-13)17(26)25-9-6-11(7-10-25)14-5-8-24-16(23)15(14)22/h1-5,8,11H,6-7,9-10,22H2,(H2,23,24). The number of carbonyl (C=O) groups excluding carboxylic acids is 1. The molecular formula is C18H19F3N4O2. The van der Waals surface area contributed by atoms with Gasteiger partial charge in [0.05, 0.1) is 5.69 Å². The Morgan fingerprint density at radius 2 is 1.74 bits per heavy atom. The third-order valence-electron chi connectivity index (χ3n) is 4.61. The molecule has 9 heteroatoms. The van der Waals surface area contributed by atoms with Crippen LogP contribution in [0.1, 0.15) is 34.7 Å². The molecule has 1 fully saturated rings. The average Bonchev–Trinajstić information content (AvgIpc) is 2.63. The Bertz CT molecular complexity index is 816. The number of rotatable bonds is 3. The molecule has 0 bridgehead atoms. The van der Waals surface area contributed by atoms with E-state index in [-0.39, 0.29) is 17.6 Å². The summed E-state index contributed by atoms with van der Waals surface area (Å²) in [5, 5.41) is 0. The van der Waals surface area contributed by atoms with Gasteiger partial charge in [0.25, 0.3) is 5.91 Å². The first kappa shape index (κ1) is 18.8. The summed E-state index contributed by atoms with van der Waals surface area (Å²) in [6.45, 7) is 1.04. The number of aromatic nitrogens is 1. The summed E-state index contributed by atoms with van der Waals surface area (Å²) in [5.74, 6) is -0.105. The summed E-state index contributed by atoms with van der Waals surface area (Å²) >= 11 is 0. The highest BCUT2D eigenvalue weighted by Crippen LogP contribution is 2.33. The highest BCUT2D eigenvalue weighted by atomic mass is 19.4. The zero-order valence-corrected chi connectivity index (χ0v) is 14.4. The number of benzene rings is 1. The minimum Gasteiger partial charge on any atom is -0.406 e. The summed E-state index contributed by atoms with van der Waals surface area (Å²) in [5.41, 5.74) is 13.5. The van der Waals surface area contributed by atoms with Crippen molar-refractivity contribution >= 4 is 17.4 Å². The van der Waals surface area contributed by atoms with Crippen molar-refractivity contribution in [3.8, 4) is 5.75 Å². The minimum atomic E-state index is -4.76. The van der Waals surface area contributed by atoms with Crippen LogP contribution in [-0.2, 0) is 0 Å². The summed E-state index contributed by atoms with van der Waals surface area (Å²) < 4.78 is 40.4. The van der Waals surface area contributed by atoms with E-state index in [0.29, 0.717) is 43.0 Å². The number of nitrogens with zero attached hydrogens (tertiary/aromatic N) is 2. The molecular weight excluding hydrogens is 361 g/mol. The van der Waals surface area contributed by atoms with Crippen molar-refractivity contribution in [3.05, 3.63) is 47.7 Å². The first-order valence-corrected chi connectivity index (χ1v) is 8.39. The number of nitrogen functional groups attached to an aromatic ring is 2. The number of piperidine rings is 1. The Labute approximate surface area is 153 Å². The number of likely N-dealkylation sites (tertiary alicyclic amines) is 1. The molecule has 0 radical (unpaired) electrons. The van der Waals surface area contributed by atoms with Crippen molar-refractivity contribution in [1.82, 2.24) is 9.88 Å². The Hall–Kier alpha value is -2.97. The number of carbonyl (C=O) groups is 1. The van der Waals surface area contributed by atoms with Gasteiger partial charge in [0, 0.05) is 24.8 Å². The van der Waals surface area contributed by atoms with Crippen LogP contribution in [0.15, 0.2) is 36.5 Å². The molecule has 1 aliphatic heterocycles. The molecule has 0 unspecified atom stereocenters. The predicted octanol–water partition coefficient (Wildman–Crippen LogP) is 3.16. The van der Waals surface area contributed by atoms with Crippen molar-refractivity contribution < 1.29 is 22.7 Å². The molecule has 1 saturated heterocycles. The zero-order chi connectivity index (χ0) is 19.6. The summed E-state index contributed by atoms with van der Waals surface area (Å²) in [6, 6.07) is 6.77. The number of amides is 1. The second-order valence-electron chi connectivity index (χ2n) is 6.34. The van der Waals surface area contributed by atoms with Crippen molar-refractivity contribution in [2.24, 2.45) is 0 Å². The van der Waals surface area contributed by atoms with Crippen LogP contribution in [0.4, 0.5) is 24.7 Å². The maximum absolute atomic E-state index is 12.6. The number of hydrogen-bond acceptors (Lipinski definition) is 5. The molecule has 0 saturated carbocycles. The lowest BCUT2D eigenvalue weighted by Gasteiger charge is -2.32. The van der Waals surface area contributed by atoms with Crippen LogP contribution >= 0.6 is 0 Å². The molecule has 0 spiro atoms. The van der Waals surface area contributed by atoms with Gasteiger partial charge in [-0.1, -0.05) is 0 Å². The molecule has 2 aromatic rings.